The van der Waals surface area contributed by atoms with Crippen LogP contribution < -0.4 is 14.8 Å². The van der Waals surface area contributed by atoms with Gasteiger partial charge in [0.05, 0.1) is 20.8 Å². The molecule has 0 aromatic heterocycles. The predicted octanol–water partition coefficient (Wildman–Crippen LogP) is 1.37. The van der Waals surface area contributed by atoms with E-state index in [1.54, 1.807) is 33.3 Å². The molecule has 0 aliphatic heterocycles. The van der Waals surface area contributed by atoms with Crippen LogP contribution in [-0.4, -0.2) is 46.6 Å². The predicted molar refractivity (Wildman–Crippen MR) is 78.7 cm³/mol. The maximum Gasteiger partial charge on any atom is 0.346 e. The largest absolute Gasteiger partial charge is 0.497 e. The van der Waals surface area contributed by atoms with E-state index in [0.717, 1.165) is 17.9 Å². The molecule has 0 heterocycles. The second-order valence-electron chi connectivity index (χ2n) is 4.43. The van der Waals surface area contributed by atoms with Gasteiger partial charge in [-0.1, -0.05) is 0 Å². The van der Waals surface area contributed by atoms with Gasteiger partial charge in [-0.25, -0.2) is 4.79 Å². The van der Waals surface area contributed by atoms with Crippen molar-refractivity contribution in [3.05, 3.63) is 23.8 Å². The highest BCUT2D eigenvalue weighted by atomic mass is 16.6. The third kappa shape index (κ3) is 5.61. The smallest absolute Gasteiger partial charge is 0.346 e. The first-order chi connectivity index (χ1) is 10.1. The third-order valence-corrected chi connectivity index (χ3v) is 2.90. The number of carbonyl (C=O) groups is 1. The quantitative estimate of drug-likeness (QED) is 0.548. The lowest BCUT2D eigenvalue weighted by atomic mass is 10.2. The second kappa shape index (κ2) is 9.20. The zero-order chi connectivity index (χ0) is 15.7. The Morgan fingerprint density at radius 1 is 1.29 bits per heavy atom. The summed E-state index contributed by atoms with van der Waals surface area (Å²) in [6, 6.07) is 5.45. The van der Waals surface area contributed by atoms with Crippen LogP contribution in [0.5, 0.6) is 11.5 Å². The minimum atomic E-state index is -0.666. The maximum absolute atomic E-state index is 11.4. The summed E-state index contributed by atoms with van der Waals surface area (Å²) in [7, 11) is 4.60. The molecule has 0 amide bonds. The van der Waals surface area contributed by atoms with E-state index in [0.29, 0.717) is 18.9 Å². The summed E-state index contributed by atoms with van der Waals surface area (Å²) in [5.41, 5.74) is 0.904. The average molecular weight is 297 g/mol. The Balaban J connectivity index is 2.78. The molecule has 1 aromatic rings. The Hall–Kier alpha value is -1.79. The van der Waals surface area contributed by atoms with Crippen molar-refractivity contribution in [2.24, 2.45) is 0 Å². The molecule has 0 spiro atoms. The summed E-state index contributed by atoms with van der Waals surface area (Å²) in [6.07, 6.45) is -0.666. The molecule has 1 rings (SSSR count). The molecule has 0 saturated carbocycles. The van der Waals surface area contributed by atoms with Crippen molar-refractivity contribution in [2.45, 2.75) is 19.6 Å². The number of esters is 1. The van der Waals surface area contributed by atoms with Gasteiger partial charge in [-0.3, -0.25) is 0 Å². The summed E-state index contributed by atoms with van der Waals surface area (Å²) < 4.78 is 20.5. The lowest BCUT2D eigenvalue weighted by Crippen LogP contribution is -2.26. The lowest BCUT2D eigenvalue weighted by Gasteiger charge is -2.17. The molecule has 6 nitrogen and oxygen atoms in total. The summed E-state index contributed by atoms with van der Waals surface area (Å²) >= 11 is 0. The Morgan fingerprint density at radius 2 is 2.05 bits per heavy atom. The first-order valence-corrected chi connectivity index (χ1v) is 6.73. The van der Waals surface area contributed by atoms with Gasteiger partial charge in [0.15, 0.2) is 6.10 Å². The molecule has 0 aliphatic rings. The van der Waals surface area contributed by atoms with Crippen molar-refractivity contribution in [3.8, 4) is 11.5 Å². The highest BCUT2D eigenvalue weighted by Crippen LogP contribution is 2.25. The number of methoxy groups -OCH3 is 3. The minimum Gasteiger partial charge on any atom is -0.497 e. The van der Waals surface area contributed by atoms with E-state index in [-0.39, 0.29) is 0 Å². The average Bonchev–Trinajstić information content (AvgIpc) is 2.51. The van der Waals surface area contributed by atoms with E-state index in [1.807, 2.05) is 6.07 Å². The van der Waals surface area contributed by atoms with Crippen LogP contribution in [0.4, 0.5) is 0 Å². The summed E-state index contributed by atoms with van der Waals surface area (Å²) in [6.45, 7) is 3.58. The van der Waals surface area contributed by atoms with E-state index in [2.05, 4.69) is 10.1 Å². The van der Waals surface area contributed by atoms with Gasteiger partial charge in [-0.05, 0) is 25.1 Å². The van der Waals surface area contributed by atoms with Gasteiger partial charge in [-0.15, -0.1) is 0 Å². The van der Waals surface area contributed by atoms with Crippen molar-refractivity contribution in [1.82, 2.24) is 5.32 Å². The fourth-order valence-electron chi connectivity index (χ4n) is 1.74. The van der Waals surface area contributed by atoms with E-state index >= 15 is 0 Å². The highest BCUT2D eigenvalue weighted by molar-refractivity contribution is 5.74. The Kier molecular flexibility index (Phi) is 7.56. The SMILES string of the molecule is COCCNCc1cc(OC)ccc1OC(C)C(=O)OC. The lowest BCUT2D eigenvalue weighted by molar-refractivity contribution is -0.147. The van der Waals surface area contributed by atoms with Crippen LogP contribution >= 0.6 is 0 Å². The summed E-state index contributed by atoms with van der Waals surface area (Å²) in [4.78, 5) is 11.4. The Labute approximate surface area is 125 Å². The van der Waals surface area contributed by atoms with E-state index in [9.17, 15) is 4.79 Å². The normalized spacial score (nSPS) is 11.8. The summed E-state index contributed by atoms with van der Waals surface area (Å²) in [5.74, 6) is 0.944. The minimum absolute atomic E-state index is 0.413. The van der Waals surface area contributed by atoms with Crippen molar-refractivity contribution in [2.75, 3.05) is 34.5 Å². The second-order valence-corrected chi connectivity index (χ2v) is 4.43. The van der Waals surface area contributed by atoms with Crippen LogP contribution in [-0.2, 0) is 20.8 Å². The van der Waals surface area contributed by atoms with Crippen LogP contribution in [0.15, 0.2) is 18.2 Å². The van der Waals surface area contributed by atoms with Gasteiger partial charge < -0.3 is 24.3 Å². The molecule has 0 saturated heterocycles. The zero-order valence-electron chi connectivity index (χ0n) is 13.0. The maximum atomic E-state index is 11.4. The number of carbonyl (C=O) groups excluding carboxylic acids is 1. The molecule has 1 unspecified atom stereocenters. The molecular weight excluding hydrogens is 274 g/mol. The third-order valence-electron chi connectivity index (χ3n) is 2.90. The first kappa shape index (κ1) is 17.3. The van der Waals surface area contributed by atoms with Crippen LogP contribution in [0.2, 0.25) is 0 Å². The van der Waals surface area contributed by atoms with E-state index < -0.39 is 12.1 Å². The highest BCUT2D eigenvalue weighted by Gasteiger charge is 2.17. The standard InChI is InChI=1S/C15H23NO5/c1-11(15(17)20-4)21-14-6-5-13(19-3)9-12(14)10-16-7-8-18-2/h5-6,9,11,16H,7-8,10H2,1-4H3. The molecular formula is C15H23NO5. The van der Waals surface area contributed by atoms with Gasteiger partial charge in [0.25, 0.3) is 0 Å². The van der Waals surface area contributed by atoms with E-state index in [1.165, 1.54) is 7.11 Å². The van der Waals surface area contributed by atoms with Gasteiger partial charge in [-0.2, -0.15) is 0 Å². The Morgan fingerprint density at radius 3 is 2.67 bits per heavy atom. The number of nitrogens with one attached hydrogen (secondary N) is 1. The first-order valence-electron chi connectivity index (χ1n) is 6.73. The van der Waals surface area contributed by atoms with Crippen molar-refractivity contribution in [3.63, 3.8) is 0 Å². The molecule has 0 bridgehead atoms. The number of benzene rings is 1. The number of hydrogen-bond donors (Lipinski definition) is 1. The van der Waals surface area contributed by atoms with Gasteiger partial charge >= 0.3 is 5.97 Å². The molecule has 6 heteroatoms. The molecule has 0 fully saturated rings. The van der Waals surface area contributed by atoms with Crippen molar-refractivity contribution < 1.29 is 23.7 Å². The molecule has 118 valence electrons. The molecule has 0 aliphatic carbocycles. The number of hydrogen-bond acceptors (Lipinski definition) is 6. The molecule has 1 N–H and O–H groups in total. The number of ether oxygens (including phenoxy) is 4. The molecule has 1 aromatic carbocycles. The van der Waals surface area contributed by atoms with Crippen LogP contribution in [0, 0.1) is 0 Å². The zero-order valence-corrected chi connectivity index (χ0v) is 13.0. The molecule has 21 heavy (non-hydrogen) atoms. The molecule has 0 radical (unpaired) electrons. The van der Waals surface area contributed by atoms with Gasteiger partial charge in [0.1, 0.15) is 11.5 Å². The Bertz CT molecular complexity index is 450. The fraction of sp³-hybridized carbons (Fsp3) is 0.533. The van der Waals surface area contributed by atoms with Crippen molar-refractivity contribution >= 4 is 5.97 Å². The number of rotatable bonds is 9. The summed E-state index contributed by atoms with van der Waals surface area (Å²) in [5, 5.41) is 3.23. The topological polar surface area (TPSA) is 66.0 Å². The van der Waals surface area contributed by atoms with Gasteiger partial charge in [0.2, 0.25) is 0 Å². The van der Waals surface area contributed by atoms with Crippen LogP contribution in [0.25, 0.3) is 0 Å². The monoisotopic (exact) mass is 297 g/mol. The van der Waals surface area contributed by atoms with Gasteiger partial charge in [0, 0.05) is 25.8 Å². The van der Waals surface area contributed by atoms with E-state index in [4.69, 9.17) is 14.2 Å². The van der Waals surface area contributed by atoms with Crippen LogP contribution in [0.3, 0.4) is 0 Å². The fourth-order valence-corrected chi connectivity index (χ4v) is 1.74. The molecule has 1 atom stereocenters. The van der Waals surface area contributed by atoms with Crippen LogP contribution in [0.1, 0.15) is 12.5 Å². The van der Waals surface area contributed by atoms with Crippen molar-refractivity contribution in [1.29, 1.82) is 0 Å².